The van der Waals surface area contributed by atoms with Gasteiger partial charge in [0.15, 0.2) is 0 Å². The number of hydrogen-bond donors (Lipinski definition) is 2. The van der Waals surface area contributed by atoms with Crippen molar-refractivity contribution in [1.82, 2.24) is 0 Å². The Bertz CT molecular complexity index is 211. The van der Waals surface area contributed by atoms with E-state index in [1.165, 1.54) is 12.3 Å². The largest absolute Gasteiger partial charge is 0.461 e. The SMILES string of the molecule is CCOC(=O)C(C=CN)=NCCN. The lowest BCUT2D eigenvalue weighted by Crippen LogP contribution is -2.17. The van der Waals surface area contributed by atoms with Crippen molar-refractivity contribution in [3.05, 3.63) is 12.3 Å². The monoisotopic (exact) mass is 185 g/mol. The number of aliphatic imine (C=N–C) groups is 1. The molecule has 0 aromatic carbocycles. The number of carbonyl (C=O) groups is 1. The smallest absolute Gasteiger partial charge is 0.356 e. The fourth-order valence-corrected chi connectivity index (χ4v) is 0.666. The van der Waals surface area contributed by atoms with E-state index in [4.69, 9.17) is 16.2 Å². The van der Waals surface area contributed by atoms with Gasteiger partial charge >= 0.3 is 5.97 Å². The van der Waals surface area contributed by atoms with Crippen LogP contribution in [0, 0.1) is 0 Å². The molecular weight excluding hydrogens is 170 g/mol. The molecule has 0 fully saturated rings. The van der Waals surface area contributed by atoms with E-state index >= 15 is 0 Å². The quantitative estimate of drug-likeness (QED) is 0.443. The Morgan fingerprint density at radius 1 is 1.62 bits per heavy atom. The fraction of sp³-hybridized carbons (Fsp3) is 0.500. The number of carbonyl (C=O) groups excluding carboxylic acids is 1. The van der Waals surface area contributed by atoms with Crippen LogP contribution in [0.2, 0.25) is 0 Å². The third kappa shape index (κ3) is 4.97. The zero-order valence-electron chi connectivity index (χ0n) is 7.69. The van der Waals surface area contributed by atoms with Gasteiger partial charge in [0.1, 0.15) is 5.71 Å². The molecule has 0 aliphatic carbocycles. The lowest BCUT2D eigenvalue weighted by Gasteiger charge is -2.00. The van der Waals surface area contributed by atoms with Crippen LogP contribution in [-0.2, 0) is 9.53 Å². The Morgan fingerprint density at radius 2 is 2.31 bits per heavy atom. The van der Waals surface area contributed by atoms with Crippen LogP contribution in [0.15, 0.2) is 17.3 Å². The lowest BCUT2D eigenvalue weighted by molar-refractivity contribution is -0.134. The number of nitrogens with two attached hydrogens (primary N) is 2. The van der Waals surface area contributed by atoms with Crippen molar-refractivity contribution in [3.8, 4) is 0 Å². The average Bonchev–Trinajstić information content (AvgIpc) is 2.12. The first-order chi connectivity index (χ1) is 6.26. The third-order valence-corrected chi connectivity index (χ3v) is 1.15. The van der Waals surface area contributed by atoms with Crippen LogP contribution < -0.4 is 11.5 Å². The van der Waals surface area contributed by atoms with Crippen molar-refractivity contribution in [2.24, 2.45) is 16.5 Å². The molecule has 0 atom stereocenters. The maximum absolute atomic E-state index is 11.1. The Balaban J connectivity index is 4.31. The molecule has 4 N–H and O–H groups in total. The van der Waals surface area contributed by atoms with Gasteiger partial charge in [0, 0.05) is 6.54 Å². The highest BCUT2D eigenvalue weighted by atomic mass is 16.5. The first-order valence-electron chi connectivity index (χ1n) is 4.06. The molecule has 0 bridgehead atoms. The summed E-state index contributed by atoms with van der Waals surface area (Å²) < 4.78 is 4.74. The number of esters is 1. The normalized spacial score (nSPS) is 12.0. The molecule has 0 spiro atoms. The van der Waals surface area contributed by atoms with E-state index in [0.29, 0.717) is 19.7 Å². The van der Waals surface area contributed by atoms with E-state index in [0.717, 1.165) is 0 Å². The summed E-state index contributed by atoms with van der Waals surface area (Å²) in [6.45, 7) is 2.82. The highest BCUT2D eigenvalue weighted by Gasteiger charge is 2.07. The van der Waals surface area contributed by atoms with Gasteiger partial charge in [0.2, 0.25) is 0 Å². The van der Waals surface area contributed by atoms with Crippen molar-refractivity contribution in [2.75, 3.05) is 19.7 Å². The summed E-state index contributed by atoms with van der Waals surface area (Å²) >= 11 is 0. The van der Waals surface area contributed by atoms with Crippen molar-refractivity contribution in [1.29, 1.82) is 0 Å². The van der Waals surface area contributed by atoms with Gasteiger partial charge in [0.05, 0.1) is 13.2 Å². The Labute approximate surface area is 77.5 Å². The van der Waals surface area contributed by atoms with Crippen molar-refractivity contribution >= 4 is 11.7 Å². The summed E-state index contributed by atoms with van der Waals surface area (Å²) in [5.74, 6) is -0.474. The number of nitrogens with zero attached hydrogens (tertiary/aromatic N) is 1. The van der Waals surface area contributed by atoms with E-state index in [1.54, 1.807) is 6.92 Å². The molecule has 13 heavy (non-hydrogen) atoms. The summed E-state index contributed by atoms with van der Waals surface area (Å²) in [5, 5.41) is 0. The van der Waals surface area contributed by atoms with Crippen LogP contribution in [0.3, 0.4) is 0 Å². The molecule has 5 nitrogen and oxygen atoms in total. The Morgan fingerprint density at radius 3 is 2.77 bits per heavy atom. The first kappa shape index (κ1) is 11.6. The van der Waals surface area contributed by atoms with Gasteiger partial charge in [-0.15, -0.1) is 0 Å². The van der Waals surface area contributed by atoms with Crippen LogP contribution in [0.1, 0.15) is 6.92 Å². The molecule has 0 saturated carbocycles. The van der Waals surface area contributed by atoms with Gasteiger partial charge in [-0.3, -0.25) is 4.99 Å². The Kier molecular flexibility index (Phi) is 6.53. The van der Waals surface area contributed by atoms with Gasteiger partial charge < -0.3 is 16.2 Å². The van der Waals surface area contributed by atoms with Gasteiger partial charge in [-0.1, -0.05) is 0 Å². The van der Waals surface area contributed by atoms with Gasteiger partial charge in [-0.25, -0.2) is 4.79 Å². The molecule has 0 aromatic heterocycles. The second-order valence-corrected chi connectivity index (χ2v) is 2.14. The second-order valence-electron chi connectivity index (χ2n) is 2.14. The van der Waals surface area contributed by atoms with E-state index in [-0.39, 0.29) is 5.71 Å². The average molecular weight is 185 g/mol. The van der Waals surface area contributed by atoms with Crippen LogP contribution in [0.4, 0.5) is 0 Å². The molecule has 74 valence electrons. The molecule has 0 unspecified atom stereocenters. The summed E-state index contributed by atoms with van der Waals surface area (Å²) in [6.07, 6.45) is 2.64. The highest BCUT2D eigenvalue weighted by molar-refractivity contribution is 6.41. The van der Waals surface area contributed by atoms with E-state index in [2.05, 4.69) is 4.99 Å². The molecule has 0 rings (SSSR count). The van der Waals surface area contributed by atoms with Gasteiger partial charge in [-0.05, 0) is 19.2 Å². The molecule has 0 heterocycles. The minimum Gasteiger partial charge on any atom is -0.461 e. The number of hydrogen-bond acceptors (Lipinski definition) is 5. The maximum Gasteiger partial charge on any atom is 0.356 e. The molecule has 0 aliphatic rings. The fourth-order valence-electron chi connectivity index (χ4n) is 0.666. The van der Waals surface area contributed by atoms with Crippen LogP contribution in [0.25, 0.3) is 0 Å². The minimum absolute atomic E-state index is 0.204. The molecule has 0 aromatic rings. The third-order valence-electron chi connectivity index (χ3n) is 1.15. The van der Waals surface area contributed by atoms with Crippen LogP contribution in [-0.4, -0.2) is 31.4 Å². The van der Waals surface area contributed by atoms with E-state index in [1.807, 2.05) is 0 Å². The highest BCUT2D eigenvalue weighted by Crippen LogP contribution is 1.87. The van der Waals surface area contributed by atoms with Crippen LogP contribution in [0.5, 0.6) is 0 Å². The van der Waals surface area contributed by atoms with Crippen molar-refractivity contribution in [3.63, 3.8) is 0 Å². The first-order valence-corrected chi connectivity index (χ1v) is 4.06. The summed E-state index contributed by atoms with van der Waals surface area (Å²) in [6, 6.07) is 0. The number of ether oxygens (including phenoxy) is 1. The standard InChI is InChI=1S/C8H15N3O2/c1-2-13-8(12)7(3-4-9)11-6-5-10/h3-4H,2,5-6,9-10H2,1H3. The topological polar surface area (TPSA) is 90.7 Å². The molecule has 0 amide bonds. The molecule has 0 saturated heterocycles. The predicted molar refractivity (Wildman–Crippen MR) is 51.3 cm³/mol. The zero-order chi connectivity index (χ0) is 10.1. The molecule has 0 radical (unpaired) electrons. The summed E-state index contributed by atoms with van der Waals surface area (Å²) in [4.78, 5) is 15.0. The second kappa shape index (κ2) is 7.30. The van der Waals surface area contributed by atoms with Gasteiger partial charge in [-0.2, -0.15) is 0 Å². The van der Waals surface area contributed by atoms with Crippen molar-refractivity contribution in [2.45, 2.75) is 6.92 Å². The van der Waals surface area contributed by atoms with Crippen LogP contribution >= 0.6 is 0 Å². The predicted octanol–water partition coefficient (Wildman–Crippen LogP) is -0.578. The van der Waals surface area contributed by atoms with E-state index < -0.39 is 5.97 Å². The van der Waals surface area contributed by atoms with Crippen molar-refractivity contribution < 1.29 is 9.53 Å². The lowest BCUT2D eigenvalue weighted by atomic mass is 10.3. The van der Waals surface area contributed by atoms with E-state index in [9.17, 15) is 4.79 Å². The summed E-state index contributed by atoms with van der Waals surface area (Å²) in [5.41, 5.74) is 10.6. The Hall–Kier alpha value is -1.36. The van der Waals surface area contributed by atoms with Gasteiger partial charge in [0.25, 0.3) is 0 Å². The zero-order valence-corrected chi connectivity index (χ0v) is 7.69. The summed E-state index contributed by atoms with van der Waals surface area (Å²) in [7, 11) is 0. The molecule has 0 aliphatic heterocycles. The maximum atomic E-state index is 11.1. The molecular formula is C8H15N3O2. The number of rotatable bonds is 5. The molecule has 5 heteroatoms. The minimum atomic E-state index is -0.474.